The Bertz CT molecular complexity index is 739. The average molecular weight is 281 g/mol. The van der Waals surface area contributed by atoms with Crippen molar-refractivity contribution in [2.75, 3.05) is 5.73 Å². The van der Waals surface area contributed by atoms with E-state index in [1.54, 1.807) is 41.8 Å². The first kappa shape index (κ1) is 12.5. The predicted octanol–water partition coefficient (Wildman–Crippen LogP) is 3.02. The van der Waals surface area contributed by atoms with Gasteiger partial charge in [0, 0.05) is 5.56 Å². The number of carbonyl (C=O) groups is 1. The third-order valence-corrected chi connectivity index (χ3v) is 3.72. The second-order valence-corrected chi connectivity index (χ2v) is 5.11. The monoisotopic (exact) mass is 281 g/mol. The van der Waals surface area contributed by atoms with Crippen LogP contribution in [0, 0.1) is 0 Å². The number of nitrogens with two attached hydrogens (primary N) is 1. The summed E-state index contributed by atoms with van der Waals surface area (Å²) in [6.07, 6.45) is 1.59. The van der Waals surface area contributed by atoms with Crippen molar-refractivity contribution in [1.82, 2.24) is 9.97 Å². The highest BCUT2D eigenvalue weighted by Crippen LogP contribution is 2.24. The molecule has 4 nitrogen and oxygen atoms in total. The molecular weight excluding hydrogens is 270 g/mol. The van der Waals surface area contributed by atoms with Gasteiger partial charge in [-0.1, -0.05) is 36.4 Å². The maximum atomic E-state index is 12.4. The van der Waals surface area contributed by atoms with E-state index in [2.05, 4.69) is 9.97 Å². The SMILES string of the molecule is Nc1ncc(-c2cccs2)nc1C(=O)c1ccccc1. The van der Waals surface area contributed by atoms with Gasteiger partial charge in [-0.25, -0.2) is 9.97 Å². The summed E-state index contributed by atoms with van der Waals surface area (Å²) in [6.45, 7) is 0. The van der Waals surface area contributed by atoms with Crippen LogP contribution >= 0.6 is 11.3 Å². The smallest absolute Gasteiger partial charge is 0.215 e. The fraction of sp³-hybridized carbons (Fsp3) is 0. The zero-order chi connectivity index (χ0) is 13.9. The maximum Gasteiger partial charge on any atom is 0.215 e. The lowest BCUT2D eigenvalue weighted by Gasteiger charge is -2.05. The van der Waals surface area contributed by atoms with E-state index in [4.69, 9.17) is 5.73 Å². The molecule has 0 fully saturated rings. The number of anilines is 1. The third kappa shape index (κ3) is 2.31. The predicted molar refractivity (Wildman–Crippen MR) is 79.6 cm³/mol. The van der Waals surface area contributed by atoms with Crippen LogP contribution in [0.3, 0.4) is 0 Å². The summed E-state index contributed by atoms with van der Waals surface area (Å²) >= 11 is 1.54. The maximum absolute atomic E-state index is 12.4. The molecular formula is C15H11N3OS. The Balaban J connectivity index is 2.05. The molecule has 98 valence electrons. The summed E-state index contributed by atoms with van der Waals surface area (Å²) in [5.41, 5.74) is 7.20. The number of carbonyl (C=O) groups excluding carboxylic acids is 1. The van der Waals surface area contributed by atoms with Crippen molar-refractivity contribution in [1.29, 1.82) is 0 Å². The molecule has 2 heterocycles. The van der Waals surface area contributed by atoms with Gasteiger partial charge in [-0.3, -0.25) is 4.79 Å². The van der Waals surface area contributed by atoms with Crippen LogP contribution in [0.1, 0.15) is 16.1 Å². The van der Waals surface area contributed by atoms with Crippen LogP contribution in [-0.4, -0.2) is 15.8 Å². The lowest BCUT2D eigenvalue weighted by molar-refractivity contribution is 0.103. The molecule has 2 aromatic heterocycles. The van der Waals surface area contributed by atoms with Crippen LogP contribution in [0.15, 0.2) is 54.0 Å². The minimum atomic E-state index is -0.214. The van der Waals surface area contributed by atoms with Crippen molar-refractivity contribution in [3.8, 4) is 10.6 Å². The Morgan fingerprint density at radius 2 is 1.90 bits per heavy atom. The summed E-state index contributed by atoms with van der Waals surface area (Å²) in [6, 6.07) is 12.8. The van der Waals surface area contributed by atoms with E-state index in [1.165, 1.54) is 0 Å². The van der Waals surface area contributed by atoms with Gasteiger partial charge < -0.3 is 5.73 Å². The lowest BCUT2D eigenvalue weighted by Crippen LogP contribution is -2.10. The van der Waals surface area contributed by atoms with E-state index < -0.39 is 0 Å². The Morgan fingerprint density at radius 3 is 2.60 bits per heavy atom. The van der Waals surface area contributed by atoms with Crippen molar-refractivity contribution in [3.63, 3.8) is 0 Å². The van der Waals surface area contributed by atoms with Gasteiger partial charge in [-0.2, -0.15) is 0 Å². The number of rotatable bonds is 3. The number of thiophene rings is 1. The molecule has 0 bridgehead atoms. The van der Waals surface area contributed by atoms with Crippen molar-refractivity contribution < 1.29 is 4.79 Å². The van der Waals surface area contributed by atoms with Crippen LogP contribution < -0.4 is 5.73 Å². The molecule has 1 aromatic carbocycles. The topological polar surface area (TPSA) is 68.9 Å². The van der Waals surface area contributed by atoms with Gasteiger partial charge in [-0.15, -0.1) is 11.3 Å². The summed E-state index contributed by atoms with van der Waals surface area (Å²) in [5.74, 6) is -0.0619. The standard InChI is InChI=1S/C15H11N3OS/c16-15-13(14(19)10-5-2-1-3-6-10)18-11(9-17-15)12-7-4-8-20-12/h1-9H,(H2,16,17). The molecule has 2 N–H and O–H groups in total. The number of ketones is 1. The highest BCUT2D eigenvalue weighted by atomic mass is 32.1. The van der Waals surface area contributed by atoms with Crippen molar-refractivity contribution in [2.24, 2.45) is 0 Å². The van der Waals surface area contributed by atoms with Crippen molar-refractivity contribution in [2.45, 2.75) is 0 Å². The fourth-order valence-electron chi connectivity index (χ4n) is 1.83. The zero-order valence-electron chi connectivity index (χ0n) is 10.5. The first-order valence-corrected chi connectivity index (χ1v) is 6.90. The molecule has 0 aliphatic heterocycles. The molecule has 0 atom stereocenters. The van der Waals surface area contributed by atoms with Gasteiger partial charge in [0.25, 0.3) is 0 Å². The molecule has 0 aliphatic carbocycles. The number of aromatic nitrogens is 2. The minimum absolute atomic E-state index is 0.152. The number of nitrogens with zero attached hydrogens (tertiary/aromatic N) is 2. The normalized spacial score (nSPS) is 10.4. The minimum Gasteiger partial charge on any atom is -0.382 e. The van der Waals surface area contributed by atoms with Crippen molar-refractivity contribution >= 4 is 22.9 Å². The van der Waals surface area contributed by atoms with Gasteiger partial charge in [-0.05, 0) is 11.4 Å². The second-order valence-electron chi connectivity index (χ2n) is 4.16. The van der Waals surface area contributed by atoms with Crippen LogP contribution in [0.4, 0.5) is 5.82 Å². The average Bonchev–Trinajstić information content (AvgIpc) is 3.02. The molecule has 3 rings (SSSR count). The quantitative estimate of drug-likeness (QED) is 0.749. The van der Waals surface area contributed by atoms with Crippen molar-refractivity contribution in [3.05, 3.63) is 65.3 Å². The molecule has 0 spiro atoms. The molecule has 3 aromatic rings. The Kier molecular flexibility index (Phi) is 3.26. The Morgan fingerprint density at radius 1 is 1.10 bits per heavy atom. The van der Waals surface area contributed by atoms with E-state index in [0.29, 0.717) is 11.3 Å². The first-order chi connectivity index (χ1) is 9.75. The Hall–Kier alpha value is -2.53. The second kappa shape index (κ2) is 5.22. The fourth-order valence-corrected chi connectivity index (χ4v) is 2.51. The number of nitrogen functional groups attached to an aromatic ring is 1. The molecule has 0 aliphatic rings. The van der Waals surface area contributed by atoms with Gasteiger partial charge in [0.05, 0.1) is 16.8 Å². The molecule has 0 radical (unpaired) electrons. The third-order valence-electron chi connectivity index (χ3n) is 2.83. The molecule has 5 heteroatoms. The molecule has 0 amide bonds. The van der Waals surface area contributed by atoms with Crippen LogP contribution in [0.2, 0.25) is 0 Å². The number of hydrogen-bond acceptors (Lipinski definition) is 5. The van der Waals surface area contributed by atoms with E-state index in [9.17, 15) is 4.79 Å². The highest BCUT2D eigenvalue weighted by molar-refractivity contribution is 7.13. The lowest BCUT2D eigenvalue weighted by atomic mass is 10.1. The van der Waals surface area contributed by atoms with Gasteiger partial charge in [0.2, 0.25) is 5.78 Å². The van der Waals surface area contributed by atoms with E-state index in [1.807, 2.05) is 23.6 Å². The highest BCUT2D eigenvalue weighted by Gasteiger charge is 2.16. The van der Waals surface area contributed by atoms with E-state index in [0.717, 1.165) is 4.88 Å². The molecule has 0 saturated carbocycles. The Labute approximate surface area is 119 Å². The van der Waals surface area contributed by atoms with Gasteiger partial charge >= 0.3 is 0 Å². The van der Waals surface area contributed by atoms with Gasteiger partial charge in [0.15, 0.2) is 11.5 Å². The van der Waals surface area contributed by atoms with E-state index >= 15 is 0 Å². The molecule has 0 unspecified atom stereocenters. The van der Waals surface area contributed by atoms with Crippen LogP contribution in [0.25, 0.3) is 10.6 Å². The largest absolute Gasteiger partial charge is 0.382 e. The van der Waals surface area contributed by atoms with E-state index in [-0.39, 0.29) is 17.3 Å². The molecule has 20 heavy (non-hydrogen) atoms. The number of hydrogen-bond donors (Lipinski definition) is 1. The summed E-state index contributed by atoms with van der Waals surface area (Å²) in [5, 5.41) is 1.95. The first-order valence-electron chi connectivity index (χ1n) is 6.02. The van der Waals surface area contributed by atoms with Gasteiger partial charge in [0.1, 0.15) is 0 Å². The molecule has 0 saturated heterocycles. The van der Waals surface area contributed by atoms with Crippen LogP contribution in [-0.2, 0) is 0 Å². The zero-order valence-corrected chi connectivity index (χ0v) is 11.3. The summed E-state index contributed by atoms with van der Waals surface area (Å²) < 4.78 is 0. The number of benzene rings is 1. The summed E-state index contributed by atoms with van der Waals surface area (Å²) in [7, 11) is 0. The van der Waals surface area contributed by atoms with Crippen LogP contribution in [0.5, 0.6) is 0 Å². The summed E-state index contributed by atoms with van der Waals surface area (Å²) in [4.78, 5) is 21.8.